The molecule has 0 aliphatic carbocycles. The molecule has 1 aliphatic rings. The summed E-state index contributed by atoms with van der Waals surface area (Å²) in [5.41, 5.74) is 4.29. The number of anilines is 1. The maximum absolute atomic E-state index is 12.8. The molecular weight excluding hydrogens is 452 g/mol. The maximum atomic E-state index is 12.8. The summed E-state index contributed by atoms with van der Waals surface area (Å²) in [6.07, 6.45) is 3.01. The van der Waals surface area contributed by atoms with Crippen molar-refractivity contribution in [1.82, 2.24) is 24.5 Å². The SMILES string of the molecule is Bc1cnn2c(NCc3cccnc3)cc(C3CCN(Cc4ccc(C(F)(F)F)cc4)CC3)nc12. The van der Waals surface area contributed by atoms with Crippen LogP contribution in [-0.4, -0.2) is 45.4 Å². The number of alkyl halides is 3. The van der Waals surface area contributed by atoms with Gasteiger partial charge < -0.3 is 5.32 Å². The standard InChI is InChI=1S/C25H26BF3N6/c26-21-15-32-35-23(31-14-18-2-1-9-30-13-18)12-22(33-24(21)35)19-7-10-34(11-8-19)16-17-3-5-20(6-4-17)25(27,28)29/h1-6,9,12-13,15,19,31H,7-8,10-11,14,16,26H2. The van der Waals surface area contributed by atoms with Crippen LogP contribution in [0, 0.1) is 0 Å². The lowest BCUT2D eigenvalue weighted by atomic mass is 9.92. The van der Waals surface area contributed by atoms with Crippen LogP contribution in [-0.2, 0) is 19.3 Å². The van der Waals surface area contributed by atoms with Gasteiger partial charge >= 0.3 is 6.18 Å². The fourth-order valence-electron chi connectivity index (χ4n) is 4.57. The molecule has 4 heterocycles. The number of benzene rings is 1. The zero-order chi connectivity index (χ0) is 24.4. The van der Waals surface area contributed by atoms with Crippen molar-refractivity contribution >= 4 is 24.8 Å². The number of hydrogen-bond donors (Lipinski definition) is 1. The number of halogens is 3. The molecule has 35 heavy (non-hydrogen) atoms. The van der Waals surface area contributed by atoms with Gasteiger partial charge in [-0.1, -0.05) is 18.2 Å². The maximum Gasteiger partial charge on any atom is 0.416 e. The van der Waals surface area contributed by atoms with E-state index in [2.05, 4.69) is 26.4 Å². The van der Waals surface area contributed by atoms with Crippen molar-refractivity contribution in [3.05, 3.63) is 83.4 Å². The molecule has 1 aromatic carbocycles. The van der Waals surface area contributed by atoms with Crippen LogP contribution in [0.1, 0.15) is 41.1 Å². The normalized spacial score (nSPS) is 15.5. The van der Waals surface area contributed by atoms with Crippen LogP contribution >= 0.6 is 0 Å². The average molecular weight is 478 g/mol. The molecule has 0 saturated carbocycles. The van der Waals surface area contributed by atoms with Gasteiger partial charge in [0, 0.05) is 49.4 Å². The van der Waals surface area contributed by atoms with Gasteiger partial charge in [0.25, 0.3) is 0 Å². The van der Waals surface area contributed by atoms with Crippen LogP contribution in [0.2, 0.25) is 0 Å². The second kappa shape index (κ2) is 9.69. The number of piperidine rings is 1. The zero-order valence-corrected chi connectivity index (χ0v) is 19.5. The molecule has 180 valence electrons. The number of likely N-dealkylation sites (tertiary alicyclic amines) is 1. The molecule has 6 nitrogen and oxygen atoms in total. The Kier molecular flexibility index (Phi) is 6.47. The molecule has 0 atom stereocenters. The molecule has 0 unspecified atom stereocenters. The van der Waals surface area contributed by atoms with Crippen molar-refractivity contribution in [2.75, 3.05) is 18.4 Å². The van der Waals surface area contributed by atoms with Gasteiger partial charge in [-0.15, -0.1) is 0 Å². The fourth-order valence-corrected chi connectivity index (χ4v) is 4.57. The predicted octanol–water partition coefficient (Wildman–Crippen LogP) is 3.39. The first kappa shape index (κ1) is 23.4. The van der Waals surface area contributed by atoms with Gasteiger partial charge in [0.05, 0.1) is 5.56 Å². The third kappa shape index (κ3) is 5.32. The van der Waals surface area contributed by atoms with Crippen molar-refractivity contribution in [3.63, 3.8) is 0 Å². The van der Waals surface area contributed by atoms with E-state index in [-0.39, 0.29) is 0 Å². The topological polar surface area (TPSA) is 58.4 Å². The Morgan fingerprint density at radius 3 is 2.49 bits per heavy atom. The number of pyridine rings is 1. The van der Waals surface area contributed by atoms with E-state index < -0.39 is 11.7 Å². The molecule has 3 aromatic heterocycles. The van der Waals surface area contributed by atoms with Gasteiger partial charge in [0.15, 0.2) is 5.65 Å². The molecule has 10 heteroatoms. The van der Waals surface area contributed by atoms with Crippen molar-refractivity contribution in [2.45, 2.75) is 38.0 Å². The number of nitrogens with zero attached hydrogens (tertiary/aromatic N) is 5. The summed E-state index contributed by atoms with van der Waals surface area (Å²) in [5.74, 6) is 1.21. The summed E-state index contributed by atoms with van der Waals surface area (Å²) >= 11 is 0. The lowest BCUT2D eigenvalue weighted by Crippen LogP contribution is -2.32. The Labute approximate surface area is 202 Å². The van der Waals surface area contributed by atoms with Crippen molar-refractivity contribution in [2.24, 2.45) is 0 Å². The number of aromatic nitrogens is 4. The van der Waals surface area contributed by atoms with E-state index in [9.17, 15) is 13.2 Å². The lowest BCUT2D eigenvalue weighted by molar-refractivity contribution is -0.137. The van der Waals surface area contributed by atoms with E-state index in [1.165, 1.54) is 0 Å². The number of rotatable bonds is 6. The van der Waals surface area contributed by atoms with Gasteiger partial charge in [-0.05, 0) is 60.7 Å². The summed E-state index contributed by atoms with van der Waals surface area (Å²) in [5, 5.41) is 7.98. The Hall–Kier alpha value is -3.40. The van der Waals surface area contributed by atoms with Crippen LogP contribution in [0.3, 0.4) is 0 Å². The minimum atomic E-state index is -4.30. The molecule has 1 saturated heterocycles. The van der Waals surface area contributed by atoms with Gasteiger partial charge in [0.2, 0.25) is 0 Å². The largest absolute Gasteiger partial charge is 0.416 e. The minimum absolute atomic E-state index is 0.317. The summed E-state index contributed by atoms with van der Waals surface area (Å²) in [7, 11) is 2.01. The molecule has 0 amide bonds. The molecule has 1 N–H and O–H groups in total. The van der Waals surface area contributed by atoms with Gasteiger partial charge in [-0.2, -0.15) is 22.8 Å². The lowest BCUT2D eigenvalue weighted by Gasteiger charge is -2.32. The number of nitrogens with one attached hydrogen (secondary N) is 1. The molecule has 4 aromatic rings. The van der Waals surface area contributed by atoms with Crippen molar-refractivity contribution in [3.8, 4) is 0 Å². The van der Waals surface area contributed by atoms with E-state index in [0.717, 1.165) is 71.8 Å². The highest BCUT2D eigenvalue weighted by molar-refractivity contribution is 6.36. The van der Waals surface area contributed by atoms with E-state index in [1.807, 2.05) is 36.9 Å². The van der Waals surface area contributed by atoms with Crippen LogP contribution in [0.4, 0.5) is 19.0 Å². The highest BCUT2D eigenvalue weighted by Crippen LogP contribution is 2.31. The van der Waals surface area contributed by atoms with Gasteiger partial charge in [-0.3, -0.25) is 9.88 Å². The first-order chi connectivity index (χ1) is 16.9. The first-order valence-corrected chi connectivity index (χ1v) is 11.7. The third-order valence-corrected chi connectivity index (χ3v) is 6.56. The summed E-state index contributed by atoms with van der Waals surface area (Å²) in [6.45, 7) is 3.03. The van der Waals surface area contributed by atoms with E-state index in [1.54, 1.807) is 18.3 Å². The zero-order valence-electron chi connectivity index (χ0n) is 19.5. The van der Waals surface area contributed by atoms with Gasteiger partial charge in [0.1, 0.15) is 13.7 Å². The summed E-state index contributed by atoms with van der Waals surface area (Å²) in [4.78, 5) is 11.4. The van der Waals surface area contributed by atoms with E-state index in [0.29, 0.717) is 19.0 Å². The quantitative estimate of drug-likeness (QED) is 0.431. The monoisotopic (exact) mass is 478 g/mol. The highest BCUT2D eigenvalue weighted by atomic mass is 19.4. The van der Waals surface area contributed by atoms with Crippen molar-refractivity contribution in [1.29, 1.82) is 0 Å². The molecule has 0 spiro atoms. The number of fused-ring (bicyclic) bond motifs is 1. The molecule has 1 fully saturated rings. The van der Waals surface area contributed by atoms with Crippen molar-refractivity contribution < 1.29 is 13.2 Å². The predicted molar refractivity (Wildman–Crippen MR) is 131 cm³/mol. The minimum Gasteiger partial charge on any atom is -0.366 e. The Balaban J connectivity index is 1.26. The molecular formula is C25H26BF3N6. The van der Waals surface area contributed by atoms with Crippen LogP contribution in [0.25, 0.3) is 5.65 Å². The number of hydrogen-bond acceptors (Lipinski definition) is 5. The average Bonchev–Trinajstić information content (AvgIpc) is 3.24. The Bertz CT molecular complexity index is 1280. The van der Waals surface area contributed by atoms with Crippen LogP contribution < -0.4 is 10.8 Å². The van der Waals surface area contributed by atoms with E-state index >= 15 is 0 Å². The van der Waals surface area contributed by atoms with E-state index in [4.69, 9.17) is 4.98 Å². The molecule has 1 aliphatic heterocycles. The smallest absolute Gasteiger partial charge is 0.366 e. The summed E-state index contributed by atoms with van der Waals surface area (Å²) < 4.78 is 40.3. The van der Waals surface area contributed by atoms with Gasteiger partial charge in [-0.25, -0.2) is 4.98 Å². The second-order valence-corrected chi connectivity index (χ2v) is 9.09. The Morgan fingerprint density at radius 1 is 1.03 bits per heavy atom. The fraction of sp³-hybridized carbons (Fsp3) is 0.320. The third-order valence-electron chi connectivity index (χ3n) is 6.56. The highest BCUT2D eigenvalue weighted by Gasteiger charge is 2.30. The molecule has 0 bridgehead atoms. The summed E-state index contributed by atoms with van der Waals surface area (Å²) in [6, 6.07) is 11.5. The molecule has 0 radical (unpaired) electrons. The Morgan fingerprint density at radius 2 is 1.80 bits per heavy atom. The van der Waals surface area contributed by atoms with Crippen LogP contribution in [0.5, 0.6) is 0 Å². The van der Waals surface area contributed by atoms with Crippen LogP contribution in [0.15, 0.2) is 61.1 Å². The first-order valence-electron chi connectivity index (χ1n) is 11.7. The molecule has 5 rings (SSSR count). The second-order valence-electron chi connectivity index (χ2n) is 9.09.